The highest BCUT2D eigenvalue weighted by Crippen LogP contribution is 2.30. The highest BCUT2D eigenvalue weighted by molar-refractivity contribution is 14.1. The van der Waals surface area contributed by atoms with Crippen LogP contribution < -0.4 is 9.64 Å². The quantitative estimate of drug-likeness (QED) is 0.416. The third-order valence-corrected chi connectivity index (χ3v) is 4.77. The zero-order valence-corrected chi connectivity index (χ0v) is 14.9. The Balaban J connectivity index is 1.75. The average Bonchev–Trinajstić information content (AvgIpc) is 2.59. The van der Waals surface area contributed by atoms with Gasteiger partial charge < -0.3 is 9.64 Å². The van der Waals surface area contributed by atoms with E-state index in [1.54, 1.807) is 17.0 Å². The van der Waals surface area contributed by atoms with Crippen LogP contribution in [0.15, 0.2) is 42.5 Å². The Hall–Kier alpha value is -2.16. The van der Waals surface area contributed by atoms with Gasteiger partial charge in [0.2, 0.25) is 0 Å². The number of carbonyl (C=O) groups excluding carboxylic acids is 1. The Morgan fingerprint density at radius 1 is 1.29 bits per heavy atom. The predicted molar refractivity (Wildman–Crippen MR) is 98.4 cm³/mol. The third-order valence-electron chi connectivity index (χ3n) is 3.88. The number of para-hydroxylation sites is 1. The number of amides is 1. The fourth-order valence-electron chi connectivity index (χ4n) is 2.74. The Morgan fingerprint density at radius 3 is 2.83 bits per heavy atom. The molecule has 0 N–H and O–H groups in total. The highest BCUT2D eigenvalue weighted by atomic mass is 127. The molecule has 0 radical (unpaired) electrons. The van der Waals surface area contributed by atoms with Gasteiger partial charge in [0.15, 0.2) is 6.61 Å². The van der Waals surface area contributed by atoms with Crippen molar-refractivity contribution in [3.05, 3.63) is 61.7 Å². The fraction of sp³-hybridized carbons (Fsp3) is 0.235. The molecule has 2 aromatic rings. The number of hydrogen-bond acceptors (Lipinski definition) is 4. The van der Waals surface area contributed by atoms with Gasteiger partial charge in [0, 0.05) is 24.4 Å². The minimum Gasteiger partial charge on any atom is -0.483 e. The molecule has 24 heavy (non-hydrogen) atoms. The minimum absolute atomic E-state index is 0.0538. The lowest BCUT2D eigenvalue weighted by atomic mass is 10.0. The number of carbonyl (C=O) groups is 1. The van der Waals surface area contributed by atoms with Crippen LogP contribution in [0.3, 0.4) is 0 Å². The molecule has 0 unspecified atom stereocenters. The maximum atomic E-state index is 12.5. The van der Waals surface area contributed by atoms with E-state index < -0.39 is 4.92 Å². The van der Waals surface area contributed by atoms with Crippen LogP contribution in [0, 0.1) is 13.7 Å². The SMILES string of the molecule is O=C(COc1ccccc1I)N1CCCc2cc([N+](=O)[O-])ccc21. The first-order chi connectivity index (χ1) is 11.6. The maximum absolute atomic E-state index is 12.5. The van der Waals surface area contributed by atoms with Crippen LogP contribution in [0.4, 0.5) is 11.4 Å². The molecule has 0 saturated carbocycles. The van der Waals surface area contributed by atoms with Crippen molar-refractivity contribution in [2.75, 3.05) is 18.1 Å². The average molecular weight is 438 g/mol. The van der Waals surface area contributed by atoms with Crippen LogP contribution in [0.2, 0.25) is 0 Å². The summed E-state index contributed by atoms with van der Waals surface area (Å²) in [5, 5.41) is 10.9. The summed E-state index contributed by atoms with van der Waals surface area (Å²) in [5.41, 5.74) is 1.62. The first-order valence-electron chi connectivity index (χ1n) is 7.51. The van der Waals surface area contributed by atoms with Crippen molar-refractivity contribution in [2.45, 2.75) is 12.8 Å². The highest BCUT2D eigenvalue weighted by Gasteiger charge is 2.24. The van der Waals surface area contributed by atoms with Gasteiger partial charge in [0.05, 0.1) is 8.49 Å². The summed E-state index contributed by atoms with van der Waals surface area (Å²) >= 11 is 2.16. The van der Waals surface area contributed by atoms with Crippen LogP contribution >= 0.6 is 22.6 Å². The van der Waals surface area contributed by atoms with Crippen LogP contribution in [0.5, 0.6) is 5.75 Å². The summed E-state index contributed by atoms with van der Waals surface area (Å²) in [4.78, 5) is 24.7. The van der Waals surface area contributed by atoms with Crippen molar-refractivity contribution in [1.29, 1.82) is 0 Å². The molecule has 0 aliphatic carbocycles. The van der Waals surface area contributed by atoms with Crippen molar-refractivity contribution < 1.29 is 14.5 Å². The van der Waals surface area contributed by atoms with Gasteiger partial charge in [-0.25, -0.2) is 0 Å². The second-order valence-electron chi connectivity index (χ2n) is 5.44. The van der Waals surface area contributed by atoms with Gasteiger partial charge in [-0.15, -0.1) is 0 Å². The molecule has 0 bridgehead atoms. The number of anilines is 1. The Morgan fingerprint density at radius 2 is 2.08 bits per heavy atom. The molecule has 1 aliphatic rings. The molecule has 6 nitrogen and oxygen atoms in total. The van der Waals surface area contributed by atoms with E-state index in [0.717, 1.165) is 27.7 Å². The number of nitro benzene ring substituents is 1. The number of fused-ring (bicyclic) bond motifs is 1. The molecule has 1 heterocycles. The molecule has 0 fully saturated rings. The Bertz CT molecular complexity index is 794. The summed E-state index contributed by atoms with van der Waals surface area (Å²) in [6, 6.07) is 12.1. The number of benzene rings is 2. The molecule has 0 saturated heterocycles. The number of rotatable bonds is 4. The molecular formula is C17H15IN2O4. The van der Waals surface area contributed by atoms with E-state index in [2.05, 4.69) is 22.6 Å². The van der Waals surface area contributed by atoms with Crippen molar-refractivity contribution in [1.82, 2.24) is 0 Å². The summed E-state index contributed by atoms with van der Waals surface area (Å²) < 4.78 is 6.56. The zero-order chi connectivity index (χ0) is 17.1. The Labute approximate surface area is 152 Å². The lowest BCUT2D eigenvalue weighted by molar-refractivity contribution is -0.384. The second kappa shape index (κ2) is 7.16. The monoisotopic (exact) mass is 438 g/mol. The van der Waals surface area contributed by atoms with E-state index in [4.69, 9.17) is 4.74 Å². The number of aryl methyl sites for hydroxylation is 1. The number of halogens is 1. The van der Waals surface area contributed by atoms with Crippen molar-refractivity contribution in [2.24, 2.45) is 0 Å². The van der Waals surface area contributed by atoms with Crippen LogP contribution in [0.1, 0.15) is 12.0 Å². The predicted octanol–water partition coefficient (Wildman–Crippen LogP) is 3.56. The zero-order valence-electron chi connectivity index (χ0n) is 12.8. The van der Waals surface area contributed by atoms with Crippen LogP contribution in [-0.2, 0) is 11.2 Å². The standard InChI is InChI=1S/C17H15IN2O4/c18-14-5-1-2-6-16(14)24-11-17(21)19-9-3-4-12-10-13(20(22)23)7-8-15(12)19/h1-2,5-8,10H,3-4,9,11H2. The fourth-order valence-corrected chi connectivity index (χ4v) is 3.28. The van der Waals surface area contributed by atoms with E-state index in [0.29, 0.717) is 12.3 Å². The van der Waals surface area contributed by atoms with Crippen molar-refractivity contribution >= 4 is 39.9 Å². The van der Waals surface area contributed by atoms with E-state index >= 15 is 0 Å². The van der Waals surface area contributed by atoms with Crippen molar-refractivity contribution in [3.63, 3.8) is 0 Å². The molecule has 0 atom stereocenters. The molecule has 7 heteroatoms. The lowest BCUT2D eigenvalue weighted by Gasteiger charge is -2.29. The molecule has 0 aromatic heterocycles. The Kier molecular flexibility index (Phi) is 4.98. The van der Waals surface area contributed by atoms with Gasteiger partial charge in [0.1, 0.15) is 5.75 Å². The van der Waals surface area contributed by atoms with Gasteiger partial charge >= 0.3 is 0 Å². The van der Waals surface area contributed by atoms with E-state index in [-0.39, 0.29) is 18.2 Å². The van der Waals surface area contributed by atoms with Crippen molar-refractivity contribution in [3.8, 4) is 5.75 Å². The summed E-state index contributed by atoms with van der Waals surface area (Å²) in [7, 11) is 0. The molecule has 124 valence electrons. The summed E-state index contributed by atoms with van der Waals surface area (Å²) in [6.45, 7) is 0.537. The first kappa shape index (κ1) is 16.7. The third kappa shape index (κ3) is 3.50. The second-order valence-corrected chi connectivity index (χ2v) is 6.60. The lowest BCUT2D eigenvalue weighted by Crippen LogP contribution is -2.38. The normalized spacial score (nSPS) is 13.3. The molecule has 3 rings (SSSR count). The largest absolute Gasteiger partial charge is 0.483 e. The number of nitro groups is 1. The van der Waals surface area contributed by atoms with E-state index in [1.807, 2.05) is 24.3 Å². The molecule has 0 spiro atoms. The summed E-state index contributed by atoms with van der Waals surface area (Å²) in [6.07, 6.45) is 1.51. The minimum atomic E-state index is -0.415. The maximum Gasteiger partial charge on any atom is 0.269 e. The van der Waals surface area contributed by atoms with Gasteiger partial charge in [-0.1, -0.05) is 12.1 Å². The van der Waals surface area contributed by atoms with E-state index in [1.165, 1.54) is 6.07 Å². The molecule has 1 aliphatic heterocycles. The smallest absolute Gasteiger partial charge is 0.269 e. The first-order valence-corrected chi connectivity index (χ1v) is 8.59. The van der Waals surface area contributed by atoms with Gasteiger partial charge in [0.25, 0.3) is 11.6 Å². The van der Waals surface area contributed by atoms with Gasteiger partial charge in [-0.2, -0.15) is 0 Å². The number of hydrogen-bond donors (Lipinski definition) is 0. The molecule has 1 amide bonds. The number of ether oxygens (including phenoxy) is 1. The van der Waals surface area contributed by atoms with E-state index in [9.17, 15) is 14.9 Å². The van der Waals surface area contributed by atoms with Gasteiger partial charge in [-0.05, 0) is 59.2 Å². The molecule has 2 aromatic carbocycles. The number of non-ortho nitro benzene ring substituents is 1. The topological polar surface area (TPSA) is 72.7 Å². The summed E-state index contributed by atoms with van der Waals surface area (Å²) in [5.74, 6) is 0.525. The van der Waals surface area contributed by atoms with Gasteiger partial charge in [-0.3, -0.25) is 14.9 Å². The van der Waals surface area contributed by atoms with Crippen LogP contribution in [0.25, 0.3) is 0 Å². The van der Waals surface area contributed by atoms with Crippen LogP contribution in [-0.4, -0.2) is 24.0 Å². The number of nitrogens with zero attached hydrogens (tertiary/aromatic N) is 2. The molecular weight excluding hydrogens is 423 g/mol.